The third-order valence-electron chi connectivity index (χ3n) is 5.48. The molecule has 0 saturated carbocycles. The molecule has 3 aromatic rings. The normalized spacial score (nSPS) is 15.8. The number of fused-ring (bicyclic) bond motifs is 1. The van der Waals surface area contributed by atoms with E-state index in [1.54, 1.807) is 30.7 Å². The fourth-order valence-electron chi connectivity index (χ4n) is 3.84. The zero-order valence-corrected chi connectivity index (χ0v) is 19.3. The molecular formula is C21H25ClN4O4S. The lowest BCUT2D eigenvalue weighted by atomic mass is 10.1. The molecular weight excluding hydrogens is 440 g/mol. The van der Waals surface area contributed by atoms with Crippen LogP contribution in [-0.2, 0) is 10.0 Å². The summed E-state index contributed by atoms with van der Waals surface area (Å²) in [6, 6.07) is 7.57. The molecule has 8 nitrogen and oxygen atoms in total. The fourth-order valence-corrected chi connectivity index (χ4v) is 4.96. The molecule has 0 atom stereocenters. The molecule has 0 aliphatic carbocycles. The molecule has 2 aromatic heterocycles. The molecule has 31 heavy (non-hydrogen) atoms. The Balaban J connectivity index is 1.65. The number of rotatable bonds is 5. The molecule has 1 aromatic carbocycles. The molecule has 0 bridgehead atoms. The lowest BCUT2D eigenvalue weighted by molar-refractivity contribution is 0.395. The van der Waals surface area contributed by atoms with E-state index in [1.807, 2.05) is 28.9 Å². The Morgan fingerprint density at radius 3 is 2.52 bits per heavy atom. The van der Waals surface area contributed by atoms with Gasteiger partial charge in [-0.1, -0.05) is 11.6 Å². The van der Waals surface area contributed by atoms with Gasteiger partial charge in [-0.2, -0.15) is 0 Å². The quantitative estimate of drug-likeness (QED) is 0.577. The van der Waals surface area contributed by atoms with Crippen molar-refractivity contribution in [3.05, 3.63) is 41.7 Å². The first-order valence-electron chi connectivity index (χ1n) is 9.91. The third kappa shape index (κ3) is 4.44. The molecule has 4 rings (SSSR count). The Morgan fingerprint density at radius 1 is 1.03 bits per heavy atom. The van der Waals surface area contributed by atoms with Crippen molar-refractivity contribution >= 4 is 33.0 Å². The van der Waals surface area contributed by atoms with Gasteiger partial charge in [0.05, 0.1) is 31.2 Å². The number of ether oxygens (including phenoxy) is 2. The number of pyridine rings is 1. The van der Waals surface area contributed by atoms with Crippen LogP contribution in [0.2, 0.25) is 5.02 Å². The Hall–Kier alpha value is -2.49. The minimum atomic E-state index is -3.17. The van der Waals surface area contributed by atoms with E-state index in [2.05, 4.69) is 4.90 Å². The van der Waals surface area contributed by atoms with Crippen molar-refractivity contribution in [1.29, 1.82) is 0 Å². The highest BCUT2D eigenvalue weighted by Crippen LogP contribution is 2.38. The van der Waals surface area contributed by atoms with Gasteiger partial charge >= 0.3 is 0 Å². The monoisotopic (exact) mass is 464 g/mol. The van der Waals surface area contributed by atoms with Gasteiger partial charge in [-0.15, -0.1) is 0 Å². The van der Waals surface area contributed by atoms with Crippen LogP contribution in [0.5, 0.6) is 11.5 Å². The molecule has 166 valence electrons. The van der Waals surface area contributed by atoms with Crippen LogP contribution in [0.1, 0.15) is 6.42 Å². The van der Waals surface area contributed by atoms with Crippen LogP contribution in [-0.4, -0.2) is 68.8 Å². The Labute approximate surface area is 187 Å². The molecule has 1 saturated heterocycles. The smallest absolute Gasteiger partial charge is 0.211 e. The zero-order valence-electron chi connectivity index (χ0n) is 17.7. The van der Waals surface area contributed by atoms with E-state index in [1.165, 1.54) is 6.26 Å². The summed E-state index contributed by atoms with van der Waals surface area (Å²) in [4.78, 5) is 6.97. The first kappa shape index (κ1) is 21.7. The van der Waals surface area contributed by atoms with Crippen LogP contribution in [0, 0.1) is 0 Å². The van der Waals surface area contributed by atoms with Crippen molar-refractivity contribution < 1.29 is 17.9 Å². The van der Waals surface area contributed by atoms with E-state index in [-0.39, 0.29) is 0 Å². The SMILES string of the molecule is COc1cc(OC)c(-c2cn3ccc(N4CCCN(S(C)(=O)=O)CC4)cc3n2)cc1Cl. The zero-order chi connectivity index (χ0) is 22.2. The number of halogens is 1. The number of aromatic nitrogens is 2. The predicted octanol–water partition coefficient (Wildman–Crippen LogP) is 3.14. The minimum Gasteiger partial charge on any atom is -0.496 e. The highest BCUT2D eigenvalue weighted by atomic mass is 35.5. The molecule has 0 N–H and O–H groups in total. The molecule has 10 heteroatoms. The molecule has 3 heterocycles. The summed E-state index contributed by atoms with van der Waals surface area (Å²) < 4.78 is 38.0. The Bertz CT molecular complexity index is 1210. The van der Waals surface area contributed by atoms with E-state index in [4.69, 9.17) is 26.1 Å². The van der Waals surface area contributed by atoms with Gasteiger partial charge < -0.3 is 18.8 Å². The van der Waals surface area contributed by atoms with Gasteiger partial charge in [-0.05, 0) is 18.6 Å². The van der Waals surface area contributed by atoms with Crippen LogP contribution in [0.25, 0.3) is 16.9 Å². The van der Waals surface area contributed by atoms with Crippen LogP contribution < -0.4 is 14.4 Å². The van der Waals surface area contributed by atoms with E-state index in [0.717, 1.165) is 35.6 Å². The summed E-state index contributed by atoms with van der Waals surface area (Å²) in [6.07, 6.45) is 5.92. The summed E-state index contributed by atoms with van der Waals surface area (Å²) in [5, 5.41) is 0.482. The summed E-state index contributed by atoms with van der Waals surface area (Å²) in [5.41, 5.74) is 3.31. The molecule has 0 amide bonds. The molecule has 1 fully saturated rings. The van der Waals surface area contributed by atoms with Crippen molar-refractivity contribution in [1.82, 2.24) is 13.7 Å². The molecule has 0 spiro atoms. The van der Waals surface area contributed by atoms with Crippen molar-refractivity contribution in [3.63, 3.8) is 0 Å². The highest BCUT2D eigenvalue weighted by molar-refractivity contribution is 7.88. The first-order valence-corrected chi connectivity index (χ1v) is 12.1. The second kappa shape index (κ2) is 8.57. The van der Waals surface area contributed by atoms with Crippen molar-refractivity contribution in [2.75, 3.05) is 51.6 Å². The standard InChI is InChI=1S/C21H25ClN4O4S/c1-29-19-13-20(30-2)17(22)12-16(19)18-14-25-8-5-15(11-21(25)23-18)24-6-4-7-26(10-9-24)31(3,27)28/h5,8,11-14H,4,6-7,9-10H2,1-3H3. The lowest BCUT2D eigenvalue weighted by Gasteiger charge is -2.23. The lowest BCUT2D eigenvalue weighted by Crippen LogP contribution is -2.34. The van der Waals surface area contributed by atoms with Crippen LogP contribution in [0.3, 0.4) is 0 Å². The summed E-state index contributed by atoms with van der Waals surface area (Å²) >= 11 is 6.32. The van der Waals surface area contributed by atoms with Gasteiger partial charge in [0.15, 0.2) is 0 Å². The molecule has 1 aliphatic heterocycles. The first-order chi connectivity index (χ1) is 14.8. The number of sulfonamides is 1. The second-order valence-electron chi connectivity index (χ2n) is 7.47. The van der Waals surface area contributed by atoms with Crippen molar-refractivity contribution in [2.45, 2.75) is 6.42 Å². The summed E-state index contributed by atoms with van der Waals surface area (Å²) in [5.74, 6) is 1.16. The van der Waals surface area contributed by atoms with Gasteiger partial charge in [0, 0.05) is 62.0 Å². The maximum atomic E-state index is 11.9. The number of imidazole rings is 1. The minimum absolute atomic E-state index is 0.477. The number of anilines is 1. The number of benzene rings is 1. The molecule has 0 radical (unpaired) electrons. The average molecular weight is 465 g/mol. The largest absolute Gasteiger partial charge is 0.496 e. The second-order valence-corrected chi connectivity index (χ2v) is 9.86. The van der Waals surface area contributed by atoms with Crippen molar-refractivity contribution in [2.24, 2.45) is 0 Å². The average Bonchev–Trinajstić information content (AvgIpc) is 2.99. The third-order valence-corrected chi connectivity index (χ3v) is 7.08. The maximum Gasteiger partial charge on any atom is 0.211 e. The van der Waals surface area contributed by atoms with E-state index in [9.17, 15) is 8.42 Å². The number of hydrogen-bond donors (Lipinski definition) is 0. The van der Waals surface area contributed by atoms with Crippen molar-refractivity contribution in [3.8, 4) is 22.8 Å². The summed E-state index contributed by atoms with van der Waals surface area (Å²) in [6.45, 7) is 2.45. The number of methoxy groups -OCH3 is 2. The Kier molecular flexibility index (Phi) is 6.00. The van der Waals surface area contributed by atoms with Crippen LogP contribution in [0.4, 0.5) is 5.69 Å². The van der Waals surface area contributed by atoms with E-state index >= 15 is 0 Å². The van der Waals surface area contributed by atoms with Gasteiger partial charge in [0.2, 0.25) is 10.0 Å². The highest BCUT2D eigenvalue weighted by Gasteiger charge is 2.22. The molecule has 1 aliphatic rings. The topological polar surface area (TPSA) is 76.4 Å². The summed E-state index contributed by atoms with van der Waals surface area (Å²) in [7, 11) is -0.0167. The van der Waals surface area contributed by atoms with Gasteiger partial charge in [-0.25, -0.2) is 17.7 Å². The van der Waals surface area contributed by atoms with Crippen LogP contribution in [0.15, 0.2) is 36.7 Å². The maximum absolute atomic E-state index is 11.9. The van der Waals surface area contributed by atoms with Gasteiger partial charge in [0.1, 0.15) is 17.1 Å². The van der Waals surface area contributed by atoms with Crippen LogP contribution >= 0.6 is 11.6 Å². The van der Waals surface area contributed by atoms with E-state index < -0.39 is 10.0 Å². The van der Waals surface area contributed by atoms with Gasteiger partial charge in [-0.3, -0.25) is 0 Å². The molecule has 0 unspecified atom stereocenters. The number of nitrogens with zero attached hydrogens (tertiary/aromatic N) is 4. The Morgan fingerprint density at radius 2 is 1.81 bits per heavy atom. The van der Waals surface area contributed by atoms with Gasteiger partial charge in [0.25, 0.3) is 0 Å². The predicted molar refractivity (Wildman–Crippen MR) is 122 cm³/mol. The fraction of sp³-hybridized carbons (Fsp3) is 0.381. The number of hydrogen-bond acceptors (Lipinski definition) is 6. The van der Waals surface area contributed by atoms with E-state index in [0.29, 0.717) is 36.2 Å².